The van der Waals surface area contributed by atoms with Gasteiger partial charge in [-0.2, -0.15) is 0 Å². The fourth-order valence-electron chi connectivity index (χ4n) is 2.46. The molecule has 19 heavy (non-hydrogen) atoms. The third-order valence-corrected chi connectivity index (χ3v) is 3.38. The number of ether oxygens (including phenoxy) is 3. The zero-order valence-corrected chi connectivity index (χ0v) is 11.7. The van der Waals surface area contributed by atoms with E-state index < -0.39 is 11.9 Å². The molecule has 2 aliphatic rings. The molecule has 5 nitrogen and oxygen atoms in total. The summed E-state index contributed by atoms with van der Waals surface area (Å²) < 4.78 is 17.1. The van der Waals surface area contributed by atoms with E-state index in [2.05, 4.69) is 0 Å². The van der Waals surface area contributed by atoms with Crippen molar-refractivity contribution >= 4 is 5.97 Å². The topological polar surface area (TPSA) is 65.0 Å². The molecule has 4 atom stereocenters. The molecule has 0 aliphatic carbocycles. The zero-order valence-electron chi connectivity index (χ0n) is 11.7. The summed E-state index contributed by atoms with van der Waals surface area (Å²) in [7, 11) is 0. The lowest BCUT2D eigenvalue weighted by molar-refractivity contribution is -0.171. The summed E-state index contributed by atoms with van der Waals surface area (Å²) in [6.07, 6.45) is 3.13. The summed E-state index contributed by atoms with van der Waals surface area (Å²) in [4.78, 5) is 11.7. The van der Waals surface area contributed by atoms with Crippen LogP contribution in [-0.2, 0) is 19.0 Å². The van der Waals surface area contributed by atoms with Gasteiger partial charge < -0.3 is 19.3 Å². The molecule has 2 aliphatic heterocycles. The van der Waals surface area contributed by atoms with Crippen LogP contribution in [0.2, 0.25) is 0 Å². The number of hydrogen-bond donors (Lipinski definition) is 1. The Kier molecular flexibility index (Phi) is 4.28. The average Bonchev–Trinajstić information content (AvgIpc) is 2.65. The number of hydrogen-bond acceptors (Lipinski definition) is 5. The van der Waals surface area contributed by atoms with E-state index in [1.54, 1.807) is 6.08 Å². The van der Waals surface area contributed by atoms with Crippen molar-refractivity contribution in [2.75, 3.05) is 0 Å². The van der Waals surface area contributed by atoms with Crippen molar-refractivity contribution in [3.8, 4) is 0 Å². The van der Waals surface area contributed by atoms with E-state index in [9.17, 15) is 9.90 Å². The van der Waals surface area contributed by atoms with E-state index >= 15 is 0 Å². The summed E-state index contributed by atoms with van der Waals surface area (Å²) >= 11 is 0. The minimum absolute atomic E-state index is 0.212. The number of fused-ring (bicyclic) bond motifs is 1. The second kappa shape index (κ2) is 5.61. The molecule has 0 saturated carbocycles. The molecular weight excluding hydrogens is 248 g/mol. The lowest BCUT2D eigenvalue weighted by atomic mass is 10.0. The van der Waals surface area contributed by atoms with E-state index in [1.165, 1.54) is 0 Å². The number of esters is 1. The van der Waals surface area contributed by atoms with Crippen molar-refractivity contribution in [1.82, 2.24) is 0 Å². The smallest absolute Gasteiger partial charge is 0.306 e. The highest BCUT2D eigenvalue weighted by Crippen LogP contribution is 2.33. The summed E-state index contributed by atoms with van der Waals surface area (Å²) in [5.41, 5.74) is 0. The van der Waals surface area contributed by atoms with E-state index in [0.717, 1.165) is 0 Å². The van der Waals surface area contributed by atoms with Crippen LogP contribution in [-0.4, -0.2) is 41.3 Å². The Balaban J connectivity index is 2.23. The lowest BCUT2D eigenvalue weighted by Crippen LogP contribution is -2.38. The van der Waals surface area contributed by atoms with E-state index in [-0.39, 0.29) is 30.7 Å². The Hall–Kier alpha value is -0.910. The SMILES string of the molecule is CC[C@@H]1OC(=O)CC[C@@H](O)/C=C/[C@H]2OC(C)(C)O[C@@H]12. The highest BCUT2D eigenvalue weighted by molar-refractivity contribution is 5.69. The first-order chi connectivity index (χ1) is 8.91. The minimum Gasteiger partial charge on any atom is -0.459 e. The molecule has 0 spiro atoms. The number of aliphatic hydroxyl groups excluding tert-OH is 1. The molecular formula is C14H22O5. The summed E-state index contributed by atoms with van der Waals surface area (Å²) in [6.45, 7) is 5.62. The molecule has 0 unspecified atom stereocenters. The fourth-order valence-corrected chi connectivity index (χ4v) is 2.46. The maximum absolute atomic E-state index is 11.7. The Labute approximate surface area is 113 Å². The van der Waals surface area contributed by atoms with Crippen molar-refractivity contribution in [3.63, 3.8) is 0 Å². The molecule has 0 amide bonds. The van der Waals surface area contributed by atoms with Gasteiger partial charge in [-0.15, -0.1) is 0 Å². The van der Waals surface area contributed by atoms with Crippen LogP contribution in [0.25, 0.3) is 0 Å². The van der Waals surface area contributed by atoms with Crippen LogP contribution in [0.3, 0.4) is 0 Å². The van der Waals surface area contributed by atoms with Gasteiger partial charge in [0.25, 0.3) is 0 Å². The van der Waals surface area contributed by atoms with Gasteiger partial charge in [0.15, 0.2) is 5.79 Å². The van der Waals surface area contributed by atoms with Crippen molar-refractivity contribution in [2.24, 2.45) is 0 Å². The van der Waals surface area contributed by atoms with E-state index in [4.69, 9.17) is 14.2 Å². The van der Waals surface area contributed by atoms with Gasteiger partial charge in [0.2, 0.25) is 0 Å². The number of carbonyl (C=O) groups excluding carboxylic acids is 1. The zero-order chi connectivity index (χ0) is 14.0. The van der Waals surface area contributed by atoms with E-state index in [1.807, 2.05) is 26.8 Å². The first-order valence-electron chi connectivity index (χ1n) is 6.83. The molecule has 2 heterocycles. The number of aliphatic hydroxyl groups is 1. The predicted octanol–water partition coefficient (Wildman–Crippen LogP) is 1.54. The van der Waals surface area contributed by atoms with Crippen LogP contribution in [0, 0.1) is 0 Å². The summed E-state index contributed by atoms with van der Waals surface area (Å²) in [5.74, 6) is -1.01. The molecule has 1 N–H and O–H groups in total. The molecule has 0 aromatic heterocycles. The Morgan fingerprint density at radius 1 is 1.37 bits per heavy atom. The molecule has 5 heteroatoms. The maximum Gasteiger partial charge on any atom is 0.306 e. The molecule has 2 rings (SSSR count). The van der Waals surface area contributed by atoms with Gasteiger partial charge in [-0.1, -0.05) is 19.1 Å². The fraction of sp³-hybridized carbons (Fsp3) is 0.786. The van der Waals surface area contributed by atoms with Gasteiger partial charge in [-0.25, -0.2) is 0 Å². The van der Waals surface area contributed by atoms with Crippen molar-refractivity contribution in [2.45, 2.75) is 70.2 Å². The summed E-state index contributed by atoms with van der Waals surface area (Å²) in [5, 5.41) is 9.73. The van der Waals surface area contributed by atoms with Crippen LogP contribution < -0.4 is 0 Å². The Morgan fingerprint density at radius 3 is 2.79 bits per heavy atom. The molecule has 1 saturated heterocycles. The number of carbonyl (C=O) groups is 1. The molecule has 0 aromatic rings. The van der Waals surface area contributed by atoms with Gasteiger partial charge in [-0.05, 0) is 26.7 Å². The predicted molar refractivity (Wildman–Crippen MR) is 68.4 cm³/mol. The normalized spacial score (nSPS) is 40.3. The number of cyclic esters (lactones) is 1. The molecule has 0 bridgehead atoms. The maximum atomic E-state index is 11.7. The average molecular weight is 270 g/mol. The third-order valence-electron chi connectivity index (χ3n) is 3.38. The molecule has 0 aromatic carbocycles. The second-order valence-electron chi connectivity index (χ2n) is 5.49. The second-order valence-corrected chi connectivity index (χ2v) is 5.49. The standard InChI is InChI=1S/C14H22O5/c1-4-10-13-11(18-14(2,3)19-13)7-5-9(15)6-8-12(16)17-10/h5,7,9-11,13,15H,4,6,8H2,1-3H3/b7-5+/t9-,10-,11+,13-/m0/s1. The Bertz CT molecular complexity index is 363. The summed E-state index contributed by atoms with van der Waals surface area (Å²) in [6, 6.07) is 0. The van der Waals surface area contributed by atoms with Gasteiger partial charge in [0, 0.05) is 6.42 Å². The highest BCUT2D eigenvalue weighted by atomic mass is 16.8. The van der Waals surface area contributed by atoms with E-state index in [0.29, 0.717) is 12.8 Å². The Morgan fingerprint density at radius 2 is 2.11 bits per heavy atom. The molecule has 0 radical (unpaired) electrons. The van der Waals surface area contributed by atoms with Gasteiger partial charge in [0.05, 0.1) is 6.10 Å². The van der Waals surface area contributed by atoms with Crippen LogP contribution in [0.5, 0.6) is 0 Å². The van der Waals surface area contributed by atoms with Gasteiger partial charge in [-0.3, -0.25) is 4.79 Å². The minimum atomic E-state index is -0.710. The van der Waals surface area contributed by atoms with Crippen LogP contribution >= 0.6 is 0 Å². The quantitative estimate of drug-likeness (QED) is 0.578. The van der Waals surface area contributed by atoms with Crippen LogP contribution in [0.4, 0.5) is 0 Å². The van der Waals surface area contributed by atoms with Crippen molar-refractivity contribution < 1.29 is 24.1 Å². The largest absolute Gasteiger partial charge is 0.459 e. The highest BCUT2D eigenvalue weighted by Gasteiger charge is 2.45. The first kappa shape index (κ1) is 14.5. The van der Waals surface area contributed by atoms with Gasteiger partial charge >= 0.3 is 5.97 Å². The van der Waals surface area contributed by atoms with Crippen molar-refractivity contribution in [3.05, 3.63) is 12.2 Å². The molecule has 1 fully saturated rings. The third kappa shape index (κ3) is 3.55. The lowest BCUT2D eigenvalue weighted by Gasteiger charge is -2.25. The van der Waals surface area contributed by atoms with Gasteiger partial charge in [0.1, 0.15) is 18.3 Å². The number of rotatable bonds is 1. The molecule has 108 valence electrons. The monoisotopic (exact) mass is 270 g/mol. The van der Waals surface area contributed by atoms with Crippen LogP contribution in [0.15, 0.2) is 12.2 Å². The first-order valence-corrected chi connectivity index (χ1v) is 6.83. The van der Waals surface area contributed by atoms with Crippen molar-refractivity contribution in [1.29, 1.82) is 0 Å². The van der Waals surface area contributed by atoms with Crippen LogP contribution in [0.1, 0.15) is 40.0 Å².